The SMILES string of the molecule is CN(C(=O)c1cc(NCCc2ccccc2F)ccn1)C1CCS(=O)(=O)C1. The number of carbonyl (C=O) groups excluding carboxylic acids is 1. The van der Waals surface area contributed by atoms with Gasteiger partial charge in [0.1, 0.15) is 11.5 Å². The van der Waals surface area contributed by atoms with E-state index >= 15 is 0 Å². The van der Waals surface area contributed by atoms with E-state index in [0.717, 1.165) is 0 Å². The first kappa shape index (κ1) is 19.3. The molecule has 0 radical (unpaired) electrons. The maximum absolute atomic E-state index is 13.6. The number of nitrogens with one attached hydrogen (secondary N) is 1. The highest BCUT2D eigenvalue weighted by atomic mass is 32.2. The Balaban J connectivity index is 1.61. The van der Waals surface area contributed by atoms with E-state index in [1.807, 2.05) is 0 Å². The van der Waals surface area contributed by atoms with Crippen molar-refractivity contribution in [2.75, 3.05) is 30.4 Å². The van der Waals surface area contributed by atoms with Crippen molar-refractivity contribution in [3.63, 3.8) is 0 Å². The molecule has 1 aliphatic rings. The van der Waals surface area contributed by atoms with Crippen LogP contribution in [0.4, 0.5) is 10.1 Å². The summed E-state index contributed by atoms with van der Waals surface area (Å²) in [4.78, 5) is 18.2. The molecule has 8 heteroatoms. The molecular weight excluding hydrogens is 369 g/mol. The molecule has 1 unspecified atom stereocenters. The summed E-state index contributed by atoms with van der Waals surface area (Å²) in [5.41, 5.74) is 1.58. The number of pyridine rings is 1. The zero-order valence-electron chi connectivity index (χ0n) is 15.1. The lowest BCUT2D eigenvalue weighted by Crippen LogP contribution is -2.38. The fourth-order valence-corrected chi connectivity index (χ4v) is 4.90. The molecule has 3 rings (SSSR count). The lowest BCUT2D eigenvalue weighted by molar-refractivity contribution is 0.0742. The van der Waals surface area contributed by atoms with Crippen molar-refractivity contribution in [1.82, 2.24) is 9.88 Å². The van der Waals surface area contributed by atoms with E-state index in [1.165, 1.54) is 17.2 Å². The van der Waals surface area contributed by atoms with Gasteiger partial charge in [-0.25, -0.2) is 12.8 Å². The second-order valence-electron chi connectivity index (χ2n) is 6.67. The molecule has 2 aromatic rings. The first-order valence-electron chi connectivity index (χ1n) is 8.76. The van der Waals surface area contributed by atoms with E-state index in [1.54, 1.807) is 37.4 Å². The van der Waals surface area contributed by atoms with Crippen LogP contribution in [0.5, 0.6) is 0 Å². The van der Waals surface area contributed by atoms with Crippen LogP contribution in [0, 0.1) is 5.82 Å². The zero-order chi connectivity index (χ0) is 19.4. The minimum atomic E-state index is -3.06. The van der Waals surface area contributed by atoms with Crippen LogP contribution >= 0.6 is 0 Å². The Hall–Kier alpha value is -2.48. The van der Waals surface area contributed by atoms with Crippen molar-refractivity contribution in [3.05, 3.63) is 59.7 Å². The number of hydrogen-bond donors (Lipinski definition) is 1. The maximum Gasteiger partial charge on any atom is 0.272 e. The third-order valence-corrected chi connectivity index (χ3v) is 6.49. The monoisotopic (exact) mass is 391 g/mol. The number of nitrogens with zero attached hydrogens (tertiary/aromatic N) is 2. The van der Waals surface area contributed by atoms with Crippen molar-refractivity contribution in [2.45, 2.75) is 18.9 Å². The highest BCUT2D eigenvalue weighted by Gasteiger charge is 2.33. The lowest BCUT2D eigenvalue weighted by atomic mass is 10.1. The Labute approximate surface area is 158 Å². The third-order valence-electron chi connectivity index (χ3n) is 4.74. The van der Waals surface area contributed by atoms with Crippen LogP contribution in [0.2, 0.25) is 0 Å². The van der Waals surface area contributed by atoms with Crippen LogP contribution in [-0.4, -0.2) is 55.3 Å². The number of rotatable bonds is 6. The second-order valence-corrected chi connectivity index (χ2v) is 8.90. The van der Waals surface area contributed by atoms with Crippen LogP contribution < -0.4 is 5.32 Å². The van der Waals surface area contributed by atoms with Gasteiger partial charge < -0.3 is 10.2 Å². The topological polar surface area (TPSA) is 79.4 Å². The van der Waals surface area contributed by atoms with Gasteiger partial charge in [0.15, 0.2) is 9.84 Å². The molecule has 1 saturated heterocycles. The fraction of sp³-hybridized carbons (Fsp3) is 0.368. The number of amides is 1. The number of hydrogen-bond acceptors (Lipinski definition) is 5. The molecule has 0 bridgehead atoms. The van der Waals surface area contributed by atoms with Crippen molar-refractivity contribution in [1.29, 1.82) is 0 Å². The van der Waals surface area contributed by atoms with Crippen molar-refractivity contribution in [3.8, 4) is 0 Å². The summed E-state index contributed by atoms with van der Waals surface area (Å²) in [6.45, 7) is 0.509. The quantitative estimate of drug-likeness (QED) is 0.816. The van der Waals surface area contributed by atoms with Crippen LogP contribution in [0.25, 0.3) is 0 Å². The van der Waals surface area contributed by atoms with Crippen LogP contribution in [-0.2, 0) is 16.3 Å². The molecule has 0 saturated carbocycles. The summed E-state index contributed by atoms with van der Waals surface area (Å²) in [5, 5.41) is 3.16. The largest absolute Gasteiger partial charge is 0.385 e. The molecule has 27 heavy (non-hydrogen) atoms. The van der Waals surface area contributed by atoms with Gasteiger partial charge in [0, 0.05) is 31.5 Å². The molecule has 1 N–H and O–H groups in total. The molecule has 1 aromatic carbocycles. The van der Waals surface area contributed by atoms with Gasteiger partial charge in [0.2, 0.25) is 0 Å². The maximum atomic E-state index is 13.6. The average Bonchev–Trinajstić information content (AvgIpc) is 3.02. The van der Waals surface area contributed by atoms with Gasteiger partial charge in [-0.1, -0.05) is 18.2 Å². The first-order chi connectivity index (χ1) is 12.9. The van der Waals surface area contributed by atoms with E-state index in [0.29, 0.717) is 30.6 Å². The fourth-order valence-electron chi connectivity index (χ4n) is 3.13. The first-order valence-corrected chi connectivity index (χ1v) is 10.6. The Morgan fingerprint density at radius 3 is 2.81 bits per heavy atom. The van der Waals surface area contributed by atoms with Gasteiger partial charge in [-0.05, 0) is 36.6 Å². The summed E-state index contributed by atoms with van der Waals surface area (Å²) in [5.74, 6) is -0.441. The number of halogens is 1. The minimum Gasteiger partial charge on any atom is -0.385 e. The molecule has 1 aromatic heterocycles. The molecule has 1 fully saturated rings. The number of sulfone groups is 1. The summed E-state index contributed by atoms with van der Waals surface area (Å²) in [6, 6.07) is 9.66. The van der Waals surface area contributed by atoms with Crippen LogP contribution in [0.3, 0.4) is 0 Å². The van der Waals surface area contributed by atoms with Crippen molar-refractivity contribution < 1.29 is 17.6 Å². The number of benzene rings is 1. The second kappa shape index (κ2) is 8.04. The Kier molecular flexibility index (Phi) is 5.74. The van der Waals surface area contributed by atoms with Crippen LogP contribution in [0.15, 0.2) is 42.6 Å². The van der Waals surface area contributed by atoms with E-state index in [9.17, 15) is 17.6 Å². The Morgan fingerprint density at radius 2 is 2.11 bits per heavy atom. The molecule has 2 heterocycles. The molecule has 144 valence electrons. The standard InChI is InChI=1S/C19H22FN3O3S/c1-23(16-8-11-27(25,26)13-16)19(24)18-12-15(7-10-22-18)21-9-6-14-4-2-3-5-17(14)20/h2-5,7,10,12,16H,6,8-9,11,13H2,1H3,(H,21,22). The average molecular weight is 391 g/mol. The molecule has 1 amide bonds. The predicted octanol–water partition coefficient (Wildman–Crippen LogP) is 2.13. The predicted molar refractivity (Wildman–Crippen MR) is 102 cm³/mol. The third kappa shape index (κ3) is 4.82. The van der Waals surface area contributed by atoms with Gasteiger partial charge in [0.25, 0.3) is 5.91 Å². The molecule has 0 aliphatic carbocycles. The zero-order valence-corrected chi connectivity index (χ0v) is 15.9. The summed E-state index contributed by atoms with van der Waals surface area (Å²) < 4.78 is 36.9. The van der Waals surface area contributed by atoms with Crippen molar-refractivity contribution >= 4 is 21.4 Å². The normalized spacial score (nSPS) is 18.2. The summed E-state index contributed by atoms with van der Waals surface area (Å²) in [6.07, 6.45) is 2.49. The highest BCUT2D eigenvalue weighted by molar-refractivity contribution is 7.91. The molecule has 6 nitrogen and oxygen atoms in total. The molecular formula is C19H22FN3O3S. The van der Waals surface area contributed by atoms with E-state index in [2.05, 4.69) is 10.3 Å². The number of aromatic nitrogens is 1. The Morgan fingerprint density at radius 1 is 1.33 bits per heavy atom. The summed E-state index contributed by atoms with van der Waals surface area (Å²) >= 11 is 0. The number of carbonyl (C=O) groups is 1. The van der Waals surface area contributed by atoms with Gasteiger partial charge in [-0.3, -0.25) is 9.78 Å². The lowest BCUT2D eigenvalue weighted by Gasteiger charge is -2.23. The van der Waals surface area contributed by atoms with Crippen molar-refractivity contribution in [2.24, 2.45) is 0 Å². The highest BCUT2D eigenvalue weighted by Crippen LogP contribution is 2.19. The molecule has 0 spiro atoms. The van der Waals surface area contributed by atoms with Gasteiger partial charge >= 0.3 is 0 Å². The molecule has 1 atom stereocenters. The van der Waals surface area contributed by atoms with Gasteiger partial charge in [0.05, 0.1) is 11.5 Å². The Bertz CT molecular complexity index is 933. The molecule has 1 aliphatic heterocycles. The van der Waals surface area contributed by atoms with E-state index < -0.39 is 9.84 Å². The number of anilines is 1. The minimum absolute atomic E-state index is 0.00415. The van der Waals surface area contributed by atoms with E-state index in [-0.39, 0.29) is 35.0 Å². The van der Waals surface area contributed by atoms with Crippen LogP contribution in [0.1, 0.15) is 22.5 Å². The summed E-state index contributed by atoms with van der Waals surface area (Å²) in [7, 11) is -1.46. The van der Waals surface area contributed by atoms with Gasteiger partial charge in [-0.15, -0.1) is 0 Å². The van der Waals surface area contributed by atoms with E-state index in [4.69, 9.17) is 0 Å². The van der Waals surface area contributed by atoms with Gasteiger partial charge in [-0.2, -0.15) is 0 Å². The smallest absolute Gasteiger partial charge is 0.272 e.